The Morgan fingerprint density at radius 2 is 2.20 bits per heavy atom. The Balaban J connectivity index is 1.66. The Morgan fingerprint density at radius 1 is 1.35 bits per heavy atom. The fourth-order valence-electron chi connectivity index (χ4n) is 3.21. The molecule has 3 rings (SSSR count). The van der Waals surface area contributed by atoms with Gasteiger partial charge in [-0.1, -0.05) is 0 Å². The molecule has 20 heavy (non-hydrogen) atoms. The van der Waals surface area contributed by atoms with E-state index in [9.17, 15) is 4.79 Å². The van der Waals surface area contributed by atoms with Crippen molar-refractivity contribution in [1.82, 2.24) is 4.90 Å². The molecule has 110 valence electrons. The van der Waals surface area contributed by atoms with Gasteiger partial charge in [-0.05, 0) is 61.5 Å². The molecule has 2 heterocycles. The molecule has 0 radical (unpaired) electrons. The fourth-order valence-corrected chi connectivity index (χ4v) is 4.36. The van der Waals surface area contributed by atoms with Gasteiger partial charge in [-0.25, -0.2) is 0 Å². The van der Waals surface area contributed by atoms with Gasteiger partial charge in [0.2, 0.25) is 0 Å². The smallest absolute Gasteiger partial charge is 0.264 e. The van der Waals surface area contributed by atoms with Crippen molar-refractivity contribution in [1.29, 1.82) is 0 Å². The molecular weight excluding hydrogens is 270 g/mol. The number of aryl methyl sites for hydroxylation is 1. The number of thiophene rings is 1. The van der Waals surface area contributed by atoms with E-state index < -0.39 is 0 Å². The van der Waals surface area contributed by atoms with Crippen LogP contribution in [0, 0.1) is 0 Å². The van der Waals surface area contributed by atoms with Crippen LogP contribution in [-0.4, -0.2) is 37.1 Å². The summed E-state index contributed by atoms with van der Waals surface area (Å²) in [5.74, 6) is 0.187. The van der Waals surface area contributed by atoms with Crippen LogP contribution >= 0.6 is 11.3 Å². The molecule has 0 N–H and O–H groups in total. The number of likely N-dealkylation sites (N-methyl/N-ethyl adjacent to an activating group) is 1. The number of nitrogens with zero attached hydrogens (tertiary/aromatic N) is 1. The Bertz CT molecular complexity index is 477. The molecule has 0 spiro atoms. The number of ether oxygens (including phenoxy) is 1. The molecule has 1 aromatic rings. The minimum Gasteiger partial charge on any atom is -0.376 e. The lowest BCUT2D eigenvalue weighted by Gasteiger charge is -2.27. The van der Waals surface area contributed by atoms with Crippen molar-refractivity contribution in [2.45, 2.75) is 51.0 Å². The molecule has 4 heteroatoms. The fraction of sp³-hybridized carbons (Fsp3) is 0.688. The number of hydrogen-bond acceptors (Lipinski definition) is 3. The van der Waals surface area contributed by atoms with Crippen LogP contribution in [-0.2, 0) is 17.6 Å². The average Bonchev–Trinajstić information content (AvgIpc) is 2.91. The van der Waals surface area contributed by atoms with Crippen molar-refractivity contribution in [3.05, 3.63) is 21.4 Å². The molecule has 1 fully saturated rings. The summed E-state index contributed by atoms with van der Waals surface area (Å²) < 4.78 is 5.74. The number of carbonyl (C=O) groups is 1. The zero-order chi connectivity index (χ0) is 13.9. The molecular formula is C16H23NO2S. The van der Waals surface area contributed by atoms with E-state index in [2.05, 4.69) is 5.38 Å². The summed E-state index contributed by atoms with van der Waals surface area (Å²) in [5.41, 5.74) is 2.73. The van der Waals surface area contributed by atoms with Crippen LogP contribution in [0.15, 0.2) is 5.38 Å². The molecule has 0 bridgehead atoms. The van der Waals surface area contributed by atoms with Crippen LogP contribution in [0.5, 0.6) is 0 Å². The molecule has 1 aliphatic heterocycles. The number of amides is 1. The van der Waals surface area contributed by atoms with Crippen LogP contribution in [0.2, 0.25) is 0 Å². The van der Waals surface area contributed by atoms with E-state index in [1.165, 1.54) is 30.4 Å². The van der Waals surface area contributed by atoms with Crippen LogP contribution in [0.25, 0.3) is 0 Å². The highest BCUT2D eigenvalue weighted by Gasteiger charge is 2.24. The molecule has 1 aromatic heterocycles. The van der Waals surface area contributed by atoms with E-state index in [-0.39, 0.29) is 12.0 Å². The Labute approximate surface area is 124 Å². The maximum Gasteiger partial charge on any atom is 0.264 e. The average molecular weight is 293 g/mol. The van der Waals surface area contributed by atoms with Gasteiger partial charge in [-0.3, -0.25) is 4.79 Å². The first kappa shape index (κ1) is 14.1. The normalized spacial score (nSPS) is 22.4. The van der Waals surface area contributed by atoms with Gasteiger partial charge in [0.25, 0.3) is 5.91 Å². The molecule has 1 saturated heterocycles. The van der Waals surface area contributed by atoms with Gasteiger partial charge >= 0.3 is 0 Å². The lowest BCUT2D eigenvalue weighted by atomic mass is 9.93. The van der Waals surface area contributed by atoms with Gasteiger partial charge in [0.1, 0.15) is 0 Å². The van der Waals surface area contributed by atoms with Crippen LogP contribution < -0.4 is 0 Å². The molecule has 0 saturated carbocycles. The second-order valence-corrected chi connectivity index (χ2v) is 6.83. The predicted molar refractivity (Wildman–Crippen MR) is 81.5 cm³/mol. The highest BCUT2D eigenvalue weighted by atomic mass is 32.1. The maximum absolute atomic E-state index is 12.6. The van der Waals surface area contributed by atoms with Crippen LogP contribution in [0.3, 0.4) is 0 Å². The first-order valence-electron chi connectivity index (χ1n) is 7.72. The van der Waals surface area contributed by atoms with Gasteiger partial charge < -0.3 is 9.64 Å². The van der Waals surface area contributed by atoms with E-state index in [1.807, 2.05) is 11.9 Å². The van der Waals surface area contributed by atoms with E-state index in [0.717, 1.165) is 43.7 Å². The molecule has 1 unspecified atom stereocenters. The summed E-state index contributed by atoms with van der Waals surface area (Å²) in [4.78, 5) is 15.5. The van der Waals surface area contributed by atoms with Crippen molar-refractivity contribution in [3.63, 3.8) is 0 Å². The Kier molecular flexibility index (Phi) is 4.41. The largest absolute Gasteiger partial charge is 0.376 e. The highest BCUT2D eigenvalue weighted by Crippen LogP contribution is 2.30. The minimum absolute atomic E-state index is 0.187. The number of fused-ring (bicyclic) bond motifs is 1. The second-order valence-electron chi connectivity index (χ2n) is 5.95. The number of hydrogen-bond donors (Lipinski definition) is 0. The van der Waals surface area contributed by atoms with E-state index >= 15 is 0 Å². The quantitative estimate of drug-likeness (QED) is 0.856. The minimum atomic E-state index is 0.187. The Morgan fingerprint density at radius 3 is 3.00 bits per heavy atom. The van der Waals surface area contributed by atoms with Crippen molar-refractivity contribution in [2.24, 2.45) is 0 Å². The van der Waals surface area contributed by atoms with Crippen LogP contribution in [0.1, 0.15) is 52.9 Å². The SMILES string of the molecule is CN(CC1CCCCO1)C(=O)c1scc2c1CCCC2. The third kappa shape index (κ3) is 2.91. The van der Waals surface area contributed by atoms with Crippen molar-refractivity contribution in [2.75, 3.05) is 20.2 Å². The van der Waals surface area contributed by atoms with E-state index in [0.29, 0.717) is 0 Å². The van der Waals surface area contributed by atoms with Crippen molar-refractivity contribution >= 4 is 17.2 Å². The topological polar surface area (TPSA) is 29.5 Å². The first-order chi connectivity index (χ1) is 9.75. The summed E-state index contributed by atoms with van der Waals surface area (Å²) in [5, 5.41) is 2.19. The van der Waals surface area contributed by atoms with Gasteiger partial charge in [-0.15, -0.1) is 11.3 Å². The van der Waals surface area contributed by atoms with E-state index in [4.69, 9.17) is 4.74 Å². The monoisotopic (exact) mass is 293 g/mol. The molecule has 1 aliphatic carbocycles. The summed E-state index contributed by atoms with van der Waals surface area (Å²) in [7, 11) is 1.91. The van der Waals surface area contributed by atoms with Gasteiger partial charge in [0.15, 0.2) is 0 Å². The molecule has 1 amide bonds. The second kappa shape index (κ2) is 6.27. The van der Waals surface area contributed by atoms with Gasteiger partial charge in [-0.2, -0.15) is 0 Å². The predicted octanol–water partition coefficient (Wildman–Crippen LogP) is 3.27. The standard InChI is InChI=1S/C16H23NO2S/c1-17(10-13-7-4-5-9-19-13)16(18)15-14-8-3-2-6-12(14)11-20-15/h11,13H,2-10H2,1H3. The lowest BCUT2D eigenvalue weighted by Crippen LogP contribution is -2.37. The highest BCUT2D eigenvalue weighted by molar-refractivity contribution is 7.12. The molecule has 2 aliphatic rings. The maximum atomic E-state index is 12.6. The van der Waals surface area contributed by atoms with Crippen molar-refractivity contribution < 1.29 is 9.53 Å². The third-order valence-electron chi connectivity index (χ3n) is 4.40. The third-order valence-corrected chi connectivity index (χ3v) is 5.46. The molecule has 3 nitrogen and oxygen atoms in total. The first-order valence-corrected chi connectivity index (χ1v) is 8.60. The number of carbonyl (C=O) groups excluding carboxylic acids is 1. The lowest BCUT2D eigenvalue weighted by molar-refractivity contribution is -0.000122. The van der Waals surface area contributed by atoms with E-state index in [1.54, 1.807) is 11.3 Å². The zero-order valence-electron chi connectivity index (χ0n) is 12.2. The van der Waals surface area contributed by atoms with Crippen LogP contribution in [0.4, 0.5) is 0 Å². The number of rotatable bonds is 3. The summed E-state index contributed by atoms with van der Waals surface area (Å²) in [6.07, 6.45) is 8.41. The Hall–Kier alpha value is -0.870. The summed E-state index contributed by atoms with van der Waals surface area (Å²) in [6, 6.07) is 0. The molecule has 1 atom stereocenters. The van der Waals surface area contributed by atoms with Gasteiger partial charge in [0, 0.05) is 20.2 Å². The van der Waals surface area contributed by atoms with Gasteiger partial charge in [0.05, 0.1) is 11.0 Å². The molecule has 0 aromatic carbocycles. The summed E-state index contributed by atoms with van der Waals surface area (Å²) >= 11 is 1.63. The zero-order valence-corrected chi connectivity index (χ0v) is 13.0. The van der Waals surface area contributed by atoms with Crippen molar-refractivity contribution in [3.8, 4) is 0 Å². The summed E-state index contributed by atoms with van der Waals surface area (Å²) in [6.45, 7) is 1.58.